The second-order valence-electron chi connectivity index (χ2n) is 5.17. The van der Waals surface area contributed by atoms with Gasteiger partial charge >= 0.3 is 5.97 Å². The molecule has 1 atom stereocenters. The number of hydrogen-bond donors (Lipinski definition) is 1. The van der Waals surface area contributed by atoms with E-state index >= 15 is 0 Å². The molecule has 0 aliphatic carbocycles. The van der Waals surface area contributed by atoms with Crippen molar-refractivity contribution in [1.82, 2.24) is 5.32 Å². The molecule has 0 amide bonds. The summed E-state index contributed by atoms with van der Waals surface area (Å²) in [5.74, 6) is 0.233. The first-order chi connectivity index (χ1) is 9.58. The van der Waals surface area contributed by atoms with E-state index < -0.39 is 6.04 Å². The summed E-state index contributed by atoms with van der Waals surface area (Å²) in [4.78, 5) is 12.1. The van der Waals surface area contributed by atoms with Crippen LogP contribution in [0.15, 0.2) is 24.3 Å². The number of esters is 1. The van der Waals surface area contributed by atoms with Gasteiger partial charge in [-0.1, -0.05) is 38.1 Å². The molecule has 4 heteroatoms. The van der Waals surface area contributed by atoms with Crippen molar-refractivity contribution in [2.24, 2.45) is 5.92 Å². The van der Waals surface area contributed by atoms with Crippen LogP contribution in [-0.4, -0.2) is 26.2 Å². The molecule has 0 fully saturated rings. The number of ether oxygens (including phenoxy) is 2. The predicted molar refractivity (Wildman–Crippen MR) is 79.4 cm³/mol. The van der Waals surface area contributed by atoms with Gasteiger partial charge in [-0.05, 0) is 30.5 Å². The summed E-state index contributed by atoms with van der Waals surface area (Å²) in [6.45, 7) is 7.72. The highest BCUT2D eigenvalue weighted by Gasteiger charge is 2.21. The first-order valence-electron chi connectivity index (χ1n) is 7.06. The van der Waals surface area contributed by atoms with E-state index in [9.17, 15) is 4.79 Å². The van der Waals surface area contributed by atoms with E-state index in [0.717, 1.165) is 17.7 Å². The van der Waals surface area contributed by atoms with E-state index in [-0.39, 0.29) is 5.97 Å². The maximum Gasteiger partial charge on any atom is 0.327 e. The molecular weight excluding hydrogens is 254 g/mol. The molecule has 0 saturated heterocycles. The smallest absolute Gasteiger partial charge is 0.327 e. The Kier molecular flexibility index (Phi) is 7.26. The van der Waals surface area contributed by atoms with Crippen LogP contribution in [0.3, 0.4) is 0 Å². The Morgan fingerprint density at radius 1 is 1.35 bits per heavy atom. The third-order valence-corrected chi connectivity index (χ3v) is 2.85. The number of rotatable bonds is 8. The van der Waals surface area contributed by atoms with Gasteiger partial charge in [0.15, 0.2) is 0 Å². The normalized spacial score (nSPS) is 12.4. The fourth-order valence-electron chi connectivity index (χ4n) is 1.95. The van der Waals surface area contributed by atoms with Crippen LogP contribution in [0, 0.1) is 5.92 Å². The highest BCUT2D eigenvalue weighted by atomic mass is 16.5. The summed E-state index contributed by atoms with van der Waals surface area (Å²) in [6, 6.07) is 7.42. The maximum atomic E-state index is 12.1. The molecule has 0 spiro atoms. The molecule has 0 aromatic heterocycles. The summed E-state index contributed by atoms with van der Waals surface area (Å²) in [5.41, 5.74) is 1.96. The van der Waals surface area contributed by atoms with Gasteiger partial charge in [0.25, 0.3) is 0 Å². The largest absolute Gasteiger partial charge is 0.465 e. The minimum atomic E-state index is -0.422. The predicted octanol–water partition coefficient (Wildman–Crippen LogP) is 2.68. The molecule has 1 aromatic carbocycles. The van der Waals surface area contributed by atoms with Crippen molar-refractivity contribution >= 4 is 5.97 Å². The fraction of sp³-hybridized carbons (Fsp3) is 0.562. The molecule has 1 rings (SSSR count). The number of carbonyl (C=O) groups is 1. The van der Waals surface area contributed by atoms with E-state index in [1.54, 1.807) is 7.11 Å². The molecule has 0 heterocycles. The average molecular weight is 279 g/mol. The van der Waals surface area contributed by atoms with E-state index in [1.165, 1.54) is 0 Å². The number of methoxy groups -OCH3 is 1. The van der Waals surface area contributed by atoms with E-state index in [0.29, 0.717) is 19.1 Å². The standard InChI is InChI=1S/C16H25NO3/c1-5-20-16(18)15(17-10-12(2)3)14-8-6-7-13(9-14)11-19-4/h6-9,12,15,17H,5,10-11H2,1-4H3. The Bertz CT molecular complexity index is 418. The number of nitrogens with one attached hydrogen (secondary N) is 1. The fourth-order valence-corrected chi connectivity index (χ4v) is 1.95. The Labute approximate surface area is 121 Å². The minimum Gasteiger partial charge on any atom is -0.465 e. The van der Waals surface area contributed by atoms with E-state index in [2.05, 4.69) is 19.2 Å². The SMILES string of the molecule is CCOC(=O)C(NCC(C)C)c1cccc(COC)c1. The van der Waals surface area contributed by atoms with Gasteiger partial charge in [0.1, 0.15) is 6.04 Å². The van der Waals surface area contributed by atoms with Crippen molar-refractivity contribution in [2.75, 3.05) is 20.3 Å². The van der Waals surface area contributed by atoms with E-state index in [1.807, 2.05) is 31.2 Å². The zero-order valence-electron chi connectivity index (χ0n) is 12.8. The number of hydrogen-bond acceptors (Lipinski definition) is 4. The van der Waals surface area contributed by atoms with Crippen LogP contribution in [0.1, 0.15) is 37.9 Å². The average Bonchev–Trinajstić information content (AvgIpc) is 2.40. The molecular formula is C16H25NO3. The summed E-state index contributed by atoms with van der Waals surface area (Å²) in [5, 5.41) is 3.27. The van der Waals surface area contributed by atoms with Gasteiger partial charge in [0.05, 0.1) is 13.2 Å². The lowest BCUT2D eigenvalue weighted by Crippen LogP contribution is -2.32. The van der Waals surface area contributed by atoms with Crippen LogP contribution in [-0.2, 0) is 20.9 Å². The molecule has 0 radical (unpaired) electrons. The topological polar surface area (TPSA) is 47.6 Å². The first-order valence-corrected chi connectivity index (χ1v) is 7.06. The van der Waals surface area contributed by atoms with Gasteiger partial charge in [0, 0.05) is 7.11 Å². The molecule has 0 bridgehead atoms. The Hall–Kier alpha value is -1.39. The lowest BCUT2D eigenvalue weighted by atomic mass is 10.0. The van der Waals surface area contributed by atoms with Crippen molar-refractivity contribution in [2.45, 2.75) is 33.4 Å². The van der Waals surface area contributed by atoms with E-state index in [4.69, 9.17) is 9.47 Å². The number of carbonyl (C=O) groups excluding carboxylic acids is 1. The third-order valence-electron chi connectivity index (χ3n) is 2.85. The molecule has 20 heavy (non-hydrogen) atoms. The zero-order chi connectivity index (χ0) is 15.0. The van der Waals surface area contributed by atoms with Gasteiger partial charge in [-0.3, -0.25) is 0 Å². The van der Waals surface area contributed by atoms with Crippen molar-refractivity contribution in [3.8, 4) is 0 Å². The molecule has 0 aliphatic rings. The van der Waals surface area contributed by atoms with Crippen LogP contribution in [0.2, 0.25) is 0 Å². The summed E-state index contributed by atoms with van der Waals surface area (Å²) in [6.07, 6.45) is 0. The highest BCUT2D eigenvalue weighted by Crippen LogP contribution is 2.17. The van der Waals surface area contributed by atoms with Crippen LogP contribution in [0.4, 0.5) is 0 Å². The summed E-state index contributed by atoms with van der Waals surface area (Å²) in [7, 11) is 1.66. The van der Waals surface area contributed by atoms with Gasteiger partial charge in [-0.15, -0.1) is 0 Å². The molecule has 1 N–H and O–H groups in total. The van der Waals surface area contributed by atoms with Crippen molar-refractivity contribution in [3.05, 3.63) is 35.4 Å². The summed E-state index contributed by atoms with van der Waals surface area (Å²) < 4.78 is 10.3. The van der Waals surface area contributed by atoms with Crippen molar-refractivity contribution in [3.63, 3.8) is 0 Å². The molecule has 4 nitrogen and oxygen atoms in total. The zero-order valence-corrected chi connectivity index (χ0v) is 12.8. The van der Waals surface area contributed by atoms with Gasteiger partial charge < -0.3 is 14.8 Å². The minimum absolute atomic E-state index is 0.234. The van der Waals surface area contributed by atoms with Crippen LogP contribution in [0.25, 0.3) is 0 Å². The van der Waals surface area contributed by atoms with Gasteiger partial charge in [0.2, 0.25) is 0 Å². The van der Waals surface area contributed by atoms with Crippen molar-refractivity contribution < 1.29 is 14.3 Å². The second-order valence-corrected chi connectivity index (χ2v) is 5.17. The molecule has 112 valence electrons. The van der Waals surface area contributed by atoms with Crippen LogP contribution in [0.5, 0.6) is 0 Å². The third kappa shape index (κ3) is 5.31. The molecule has 1 unspecified atom stereocenters. The second kappa shape index (κ2) is 8.72. The van der Waals surface area contributed by atoms with Gasteiger partial charge in [-0.25, -0.2) is 4.79 Å². The molecule has 0 aliphatic heterocycles. The van der Waals surface area contributed by atoms with Crippen LogP contribution < -0.4 is 5.32 Å². The quantitative estimate of drug-likeness (QED) is 0.743. The lowest BCUT2D eigenvalue weighted by molar-refractivity contribution is -0.145. The Balaban J connectivity index is 2.90. The van der Waals surface area contributed by atoms with Crippen LogP contribution >= 0.6 is 0 Å². The number of benzene rings is 1. The monoisotopic (exact) mass is 279 g/mol. The Morgan fingerprint density at radius 3 is 2.70 bits per heavy atom. The highest BCUT2D eigenvalue weighted by molar-refractivity contribution is 5.77. The summed E-state index contributed by atoms with van der Waals surface area (Å²) >= 11 is 0. The molecule has 1 aromatic rings. The van der Waals surface area contributed by atoms with Gasteiger partial charge in [-0.2, -0.15) is 0 Å². The maximum absolute atomic E-state index is 12.1. The lowest BCUT2D eigenvalue weighted by Gasteiger charge is -2.19. The first kappa shape index (κ1) is 16.7. The molecule has 0 saturated carbocycles. The van der Waals surface area contributed by atoms with Crippen molar-refractivity contribution in [1.29, 1.82) is 0 Å². The Morgan fingerprint density at radius 2 is 2.10 bits per heavy atom.